The molecule has 4 heterocycles. The van der Waals surface area contributed by atoms with Crippen molar-refractivity contribution in [3.05, 3.63) is 59.5 Å². The van der Waals surface area contributed by atoms with Crippen molar-refractivity contribution >= 4 is 28.4 Å². The smallest absolute Gasteiger partial charge is 0.410 e. The van der Waals surface area contributed by atoms with Crippen molar-refractivity contribution in [3.63, 3.8) is 0 Å². The number of benzene rings is 2. The largest absolute Gasteiger partial charge is 0.444 e. The summed E-state index contributed by atoms with van der Waals surface area (Å²) in [7, 11) is 0. The molecule has 2 atom stereocenters. The van der Waals surface area contributed by atoms with Crippen molar-refractivity contribution in [1.82, 2.24) is 20.2 Å². The zero-order valence-corrected chi connectivity index (χ0v) is 26.2. The maximum atomic E-state index is 13.1. The second-order valence-electron chi connectivity index (χ2n) is 13.9. The molecule has 230 valence electrons. The van der Waals surface area contributed by atoms with E-state index in [1.54, 1.807) is 4.90 Å². The quantitative estimate of drug-likeness (QED) is 0.425. The molecule has 9 heteroatoms. The molecule has 2 aromatic carbocycles. The van der Waals surface area contributed by atoms with Gasteiger partial charge in [-0.3, -0.25) is 0 Å². The van der Waals surface area contributed by atoms with Crippen molar-refractivity contribution in [2.75, 3.05) is 42.5 Å². The van der Waals surface area contributed by atoms with E-state index in [1.807, 2.05) is 20.8 Å². The van der Waals surface area contributed by atoms with E-state index in [4.69, 9.17) is 14.7 Å². The Balaban J connectivity index is 1.24. The van der Waals surface area contributed by atoms with Crippen LogP contribution in [0.15, 0.2) is 42.5 Å². The van der Waals surface area contributed by atoms with Crippen LogP contribution in [0.4, 0.5) is 16.3 Å². The summed E-state index contributed by atoms with van der Waals surface area (Å²) in [6.07, 6.45) is 5.33. The first-order valence-electron chi connectivity index (χ1n) is 16.2. The Morgan fingerprint density at radius 1 is 1.09 bits per heavy atom. The second-order valence-corrected chi connectivity index (χ2v) is 13.9. The summed E-state index contributed by atoms with van der Waals surface area (Å²) in [6, 6.07) is 17.6. The second kappa shape index (κ2) is 11.2. The van der Waals surface area contributed by atoms with E-state index in [1.165, 1.54) is 28.4 Å². The van der Waals surface area contributed by atoms with Crippen LogP contribution in [0.2, 0.25) is 0 Å². The molecular weight excluding hydrogens is 550 g/mol. The molecule has 1 aromatic heterocycles. The van der Waals surface area contributed by atoms with Gasteiger partial charge in [-0.15, -0.1) is 0 Å². The Labute approximate surface area is 260 Å². The van der Waals surface area contributed by atoms with Gasteiger partial charge in [0, 0.05) is 54.3 Å². The number of nitrogens with one attached hydrogen (secondary N) is 1. The van der Waals surface area contributed by atoms with Gasteiger partial charge in [-0.1, -0.05) is 36.4 Å². The summed E-state index contributed by atoms with van der Waals surface area (Å²) in [5, 5.41) is 16.0. The van der Waals surface area contributed by atoms with Gasteiger partial charge in [-0.2, -0.15) is 5.26 Å². The van der Waals surface area contributed by atoms with Crippen LogP contribution >= 0.6 is 0 Å². The maximum absolute atomic E-state index is 13.1. The zero-order valence-electron chi connectivity index (χ0n) is 26.2. The van der Waals surface area contributed by atoms with Crippen molar-refractivity contribution in [3.8, 4) is 6.07 Å². The van der Waals surface area contributed by atoms with Crippen LogP contribution in [0.5, 0.6) is 0 Å². The molecule has 0 spiro atoms. The topological polar surface area (TPSA) is 97.6 Å². The Bertz CT molecular complexity index is 1590. The van der Waals surface area contributed by atoms with Crippen molar-refractivity contribution in [2.24, 2.45) is 0 Å². The van der Waals surface area contributed by atoms with E-state index in [0.717, 1.165) is 62.7 Å². The molecule has 0 bridgehead atoms. The number of ether oxygens (including phenoxy) is 1. The Morgan fingerprint density at radius 3 is 2.66 bits per heavy atom. The lowest BCUT2D eigenvalue weighted by molar-refractivity contribution is 0.0144. The van der Waals surface area contributed by atoms with Gasteiger partial charge in [0.25, 0.3) is 0 Å². The lowest BCUT2D eigenvalue weighted by Gasteiger charge is -2.43. The van der Waals surface area contributed by atoms with Crippen molar-refractivity contribution in [1.29, 1.82) is 5.26 Å². The first-order chi connectivity index (χ1) is 21.3. The number of fused-ring (bicyclic) bond motifs is 2. The van der Waals surface area contributed by atoms with Gasteiger partial charge in [-0.25, -0.2) is 14.8 Å². The number of piperazine rings is 1. The predicted molar refractivity (Wildman–Crippen MR) is 172 cm³/mol. The van der Waals surface area contributed by atoms with Crippen LogP contribution < -0.4 is 15.1 Å². The first-order valence-corrected chi connectivity index (χ1v) is 16.2. The molecule has 1 N–H and O–H groups in total. The third kappa shape index (κ3) is 5.34. The number of amides is 1. The molecule has 7 rings (SSSR count). The first kappa shape index (κ1) is 28.8. The summed E-state index contributed by atoms with van der Waals surface area (Å²) in [5.74, 6) is 1.97. The molecule has 2 saturated heterocycles. The van der Waals surface area contributed by atoms with E-state index in [0.29, 0.717) is 25.7 Å². The van der Waals surface area contributed by atoms with E-state index in [9.17, 15) is 10.1 Å². The summed E-state index contributed by atoms with van der Waals surface area (Å²) in [6.45, 7) is 10.00. The van der Waals surface area contributed by atoms with Gasteiger partial charge < -0.3 is 24.8 Å². The number of nitrogens with zero attached hydrogens (tertiary/aromatic N) is 6. The number of nitriles is 1. The molecule has 0 unspecified atom stereocenters. The Hall–Kier alpha value is -3.90. The molecule has 1 aliphatic carbocycles. The SMILES string of the molecule is CC(C)(C)OC(=O)N1CCN(c2nc(C3([C@@H]4CCCN4)CC3)nc3c2CCN(c2cccc4ccccc24)C3)C[C@@H]1CC#N. The number of carbonyl (C=O) groups is 1. The molecule has 1 amide bonds. The van der Waals surface area contributed by atoms with Gasteiger partial charge in [0.2, 0.25) is 0 Å². The molecule has 9 nitrogen and oxygen atoms in total. The lowest BCUT2D eigenvalue weighted by atomic mass is 9.93. The minimum Gasteiger partial charge on any atom is -0.444 e. The van der Waals surface area contributed by atoms with Gasteiger partial charge >= 0.3 is 6.09 Å². The minimum absolute atomic E-state index is 0.00755. The summed E-state index contributed by atoms with van der Waals surface area (Å²) >= 11 is 0. The molecule has 4 aliphatic rings. The predicted octanol–water partition coefficient (Wildman–Crippen LogP) is 5.32. The van der Waals surface area contributed by atoms with Crippen molar-refractivity contribution in [2.45, 2.75) is 88.9 Å². The summed E-state index contributed by atoms with van der Waals surface area (Å²) in [5.41, 5.74) is 2.97. The molecule has 44 heavy (non-hydrogen) atoms. The Morgan fingerprint density at radius 2 is 1.91 bits per heavy atom. The number of hydrogen-bond acceptors (Lipinski definition) is 8. The van der Waals surface area contributed by atoms with Gasteiger partial charge in [0.05, 0.1) is 30.8 Å². The van der Waals surface area contributed by atoms with E-state index in [-0.39, 0.29) is 24.0 Å². The van der Waals surface area contributed by atoms with Gasteiger partial charge in [0.1, 0.15) is 17.2 Å². The standard InChI is InChI=1S/C35H43N7O2/c1-34(2,3)44-33(43)42-21-20-41(22-25(42)13-17-36)31-27-14-19-40(29-11-6-9-24-8-4-5-10-26(24)29)23-28(27)38-32(39-31)35(15-16-35)30-12-7-18-37-30/h4-6,8-11,25,30,37H,7,12-16,18-23H2,1-3H3/t25-,30-/m0/s1. The highest BCUT2D eigenvalue weighted by Gasteiger charge is 2.54. The highest BCUT2D eigenvalue weighted by molar-refractivity contribution is 5.94. The van der Waals surface area contributed by atoms with Gasteiger partial charge in [0.15, 0.2) is 0 Å². The molecule has 3 aliphatic heterocycles. The monoisotopic (exact) mass is 593 g/mol. The van der Waals surface area contributed by atoms with Crippen LogP contribution in [0.25, 0.3) is 10.8 Å². The fourth-order valence-electron chi connectivity index (χ4n) is 7.49. The number of rotatable bonds is 5. The lowest BCUT2D eigenvalue weighted by Crippen LogP contribution is -2.56. The molecule has 3 fully saturated rings. The maximum Gasteiger partial charge on any atom is 0.410 e. The third-order valence-electron chi connectivity index (χ3n) is 9.85. The van der Waals surface area contributed by atoms with E-state index >= 15 is 0 Å². The normalized spacial score (nSPS) is 22.9. The third-order valence-corrected chi connectivity index (χ3v) is 9.85. The van der Waals surface area contributed by atoms with E-state index in [2.05, 4.69) is 63.7 Å². The van der Waals surface area contributed by atoms with Crippen LogP contribution in [-0.4, -0.2) is 71.4 Å². The van der Waals surface area contributed by atoms with E-state index < -0.39 is 5.60 Å². The van der Waals surface area contributed by atoms with Crippen LogP contribution in [0, 0.1) is 11.3 Å². The van der Waals surface area contributed by atoms with Gasteiger partial charge in [-0.05, 0) is 70.9 Å². The van der Waals surface area contributed by atoms with Crippen molar-refractivity contribution < 1.29 is 9.53 Å². The molecular formula is C35H43N7O2. The number of carbonyl (C=O) groups excluding carboxylic acids is 1. The van der Waals surface area contributed by atoms with Crippen LogP contribution in [0.1, 0.15) is 70.0 Å². The molecule has 3 aromatic rings. The number of hydrogen-bond donors (Lipinski definition) is 1. The average molecular weight is 594 g/mol. The molecule has 0 radical (unpaired) electrons. The summed E-state index contributed by atoms with van der Waals surface area (Å²) in [4.78, 5) is 30.4. The molecule has 1 saturated carbocycles. The van der Waals surface area contributed by atoms with Crippen LogP contribution in [-0.2, 0) is 23.1 Å². The number of anilines is 2. The highest BCUT2D eigenvalue weighted by Crippen LogP contribution is 2.52. The number of aromatic nitrogens is 2. The minimum atomic E-state index is -0.588. The average Bonchev–Trinajstić information content (AvgIpc) is 3.64. The highest BCUT2D eigenvalue weighted by atomic mass is 16.6. The van der Waals surface area contributed by atoms with Crippen LogP contribution in [0.3, 0.4) is 0 Å². The zero-order chi connectivity index (χ0) is 30.5. The fourth-order valence-corrected chi connectivity index (χ4v) is 7.49. The summed E-state index contributed by atoms with van der Waals surface area (Å²) < 4.78 is 5.72. The Kier molecular flexibility index (Phi) is 7.36. The fraction of sp³-hybridized carbons (Fsp3) is 0.543.